The molecule has 4 aromatic rings. The second-order valence-electron chi connectivity index (χ2n) is 9.09. The maximum absolute atomic E-state index is 13.6. The van der Waals surface area contributed by atoms with E-state index in [1.54, 1.807) is 22.8 Å². The molecule has 0 bridgehead atoms. The molecule has 0 atom stereocenters. The van der Waals surface area contributed by atoms with Gasteiger partial charge in [-0.1, -0.05) is 65.8 Å². The standard InChI is InChI=1S/C29H28ClN3O2S/c30-24-11-7-10-22(18-24)20-36-29-31-26-19-23(27(34)32-15-5-2-6-16-32)12-13-25(26)28(35)33(29)17-14-21-8-3-1-4-9-21/h1,3-4,7-13,18-19H,2,5-6,14-17,20H2. The van der Waals surface area contributed by atoms with Gasteiger partial charge >= 0.3 is 0 Å². The zero-order valence-electron chi connectivity index (χ0n) is 20.0. The van der Waals surface area contributed by atoms with Crippen molar-refractivity contribution in [1.29, 1.82) is 0 Å². The fourth-order valence-electron chi connectivity index (χ4n) is 4.58. The lowest BCUT2D eigenvalue weighted by Crippen LogP contribution is -2.35. The minimum Gasteiger partial charge on any atom is -0.339 e. The number of rotatable bonds is 7. The molecule has 0 radical (unpaired) electrons. The van der Waals surface area contributed by atoms with Crippen LogP contribution in [-0.2, 0) is 18.7 Å². The first-order chi connectivity index (χ1) is 17.6. The van der Waals surface area contributed by atoms with E-state index in [4.69, 9.17) is 16.6 Å². The van der Waals surface area contributed by atoms with Crippen LogP contribution in [0.2, 0.25) is 5.02 Å². The SMILES string of the molecule is O=C(c1ccc2c(=O)n(CCc3ccccc3)c(SCc3cccc(Cl)c3)nc2c1)N1CCCCC1. The van der Waals surface area contributed by atoms with Crippen molar-refractivity contribution in [2.24, 2.45) is 0 Å². The van der Waals surface area contributed by atoms with Gasteiger partial charge in [0.05, 0.1) is 10.9 Å². The first-order valence-corrected chi connectivity index (χ1v) is 13.7. The smallest absolute Gasteiger partial charge is 0.262 e. The van der Waals surface area contributed by atoms with E-state index in [0.717, 1.165) is 43.5 Å². The molecule has 1 fully saturated rings. The number of aryl methyl sites for hydroxylation is 1. The molecule has 1 saturated heterocycles. The van der Waals surface area contributed by atoms with E-state index in [-0.39, 0.29) is 11.5 Å². The van der Waals surface area contributed by atoms with Gasteiger partial charge in [-0.2, -0.15) is 0 Å². The van der Waals surface area contributed by atoms with Crippen molar-refractivity contribution in [3.63, 3.8) is 0 Å². The molecule has 36 heavy (non-hydrogen) atoms. The Morgan fingerprint density at radius 2 is 1.69 bits per heavy atom. The van der Waals surface area contributed by atoms with Crippen LogP contribution in [-0.4, -0.2) is 33.4 Å². The predicted octanol–water partition coefficient (Wildman–Crippen LogP) is 6.21. The van der Waals surface area contributed by atoms with Crippen molar-refractivity contribution in [2.45, 2.75) is 43.1 Å². The van der Waals surface area contributed by atoms with Crippen LogP contribution >= 0.6 is 23.4 Å². The summed E-state index contributed by atoms with van der Waals surface area (Å²) in [6.45, 7) is 2.09. The molecule has 5 rings (SSSR count). The summed E-state index contributed by atoms with van der Waals surface area (Å²) in [5.41, 5.74) is 3.29. The molecule has 2 heterocycles. The van der Waals surface area contributed by atoms with E-state index in [0.29, 0.717) is 38.9 Å². The number of amides is 1. The van der Waals surface area contributed by atoms with Crippen molar-refractivity contribution < 1.29 is 4.79 Å². The topological polar surface area (TPSA) is 55.2 Å². The summed E-state index contributed by atoms with van der Waals surface area (Å²) in [5, 5.41) is 1.86. The van der Waals surface area contributed by atoms with E-state index in [1.807, 2.05) is 47.4 Å². The molecule has 7 heteroatoms. The van der Waals surface area contributed by atoms with Crippen LogP contribution in [0, 0.1) is 0 Å². The average Bonchev–Trinajstić information content (AvgIpc) is 2.92. The second kappa shape index (κ2) is 11.3. The molecule has 3 aromatic carbocycles. The number of carbonyl (C=O) groups excluding carboxylic acids is 1. The third-order valence-electron chi connectivity index (χ3n) is 6.53. The molecule has 1 aliphatic heterocycles. The Morgan fingerprint density at radius 3 is 2.47 bits per heavy atom. The van der Waals surface area contributed by atoms with E-state index in [1.165, 1.54) is 18.2 Å². The van der Waals surface area contributed by atoms with Crippen LogP contribution in [0.5, 0.6) is 0 Å². The van der Waals surface area contributed by atoms with Crippen LogP contribution in [0.4, 0.5) is 0 Å². The van der Waals surface area contributed by atoms with Crippen molar-refractivity contribution in [3.05, 3.63) is 105 Å². The third-order valence-corrected chi connectivity index (χ3v) is 7.82. The van der Waals surface area contributed by atoms with Gasteiger partial charge < -0.3 is 4.90 Å². The molecule has 1 aromatic heterocycles. The third kappa shape index (κ3) is 5.66. The molecule has 1 aliphatic rings. The zero-order valence-corrected chi connectivity index (χ0v) is 21.6. The summed E-state index contributed by atoms with van der Waals surface area (Å²) >= 11 is 7.69. The first kappa shape index (κ1) is 24.6. The summed E-state index contributed by atoms with van der Waals surface area (Å²) < 4.78 is 1.76. The Bertz CT molecular complexity index is 1430. The highest BCUT2D eigenvalue weighted by atomic mass is 35.5. The lowest BCUT2D eigenvalue weighted by molar-refractivity contribution is 0.0724. The molecule has 0 N–H and O–H groups in total. The summed E-state index contributed by atoms with van der Waals surface area (Å²) in [5.74, 6) is 0.649. The molecular weight excluding hydrogens is 490 g/mol. The van der Waals surface area contributed by atoms with Crippen LogP contribution in [0.15, 0.2) is 82.7 Å². The Hall–Kier alpha value is -3.09. The highest BCUT2D eigenvalue weighted by Crippen LogP contribution is 2.25. The van der Waals surface area contributed by atoms with Gasteiger partial charge in [0.1, 0.15) is 0 Å². The Kier molecular flexibility index (Phi) is 7.73. The number of fused-ring (bicyclic) bond motifs is 1. The monoisotopic (exact) mass is 517 g/mol. The maximum Gasteiger partial charge on any atom is 0.262 e. The number of hydrogen-bond donors (Lipinski definition) is 0. The van der Waals surface area contributed by atoms with Crippen molar-refractivity contribution in [2.75, 3.05) is 13.1 Å². The molecule has 0 spiro atoms. The van der Waals surface area contributed by atoms with Gasteiger partial charge in [0.25, 0.3) is 11.5 Å². The number of halogens is 1. The number of aromatic nitrogens is 2. The van der Waals surface area contributed by atoms with Crippen LogP contribution < -0.4 is 5.56 Å². The summed E-state index contributed by atoms with van der Waals surface area (Å²) in [6, 6.07) is 23.1. The van der Waals surface area contributed by atoms with Gasteiger partial charge in [-0.25, -0.2) is 4.98 Å². The van der Waals surface area contributed by atoms with Crippen LogP contribution in [0.3, 0.4) is 0 Å². The van der Waals surface area contributed by atoms with Gasteiger partial charge in [0.15, 0.2) is 5.16 Å². The summed E-state index contributed by atoms with van der Waals surface area (Å²) in [6.07, 6.45) is 3.96. The summed E-state index contributed by atoms with van der Waals surface area (Å²) in [4.78, 5) is 33.5. The minimum atomic E-state index is -0.0819. The number of piperidine rings is 1. The predicted molar refractivity (Wildman–Crippen MR) is 147 cm³/mol. The summed E-state index contributed by atoms with van der Waals surface area (Å²) in [7, 11) is 0. The largest absolute Gasteiger partial charge is 0.339 e. The van der Waals surface area contributed by atoms with Gasteiger partial charge in [0, 0.05) is 36.0 Å². The number of carbonyl (C=O) groups is 1. The quantitative estimate of drug-likeness (QED) is 0.216. The molecule has 0 saturated carbocycles. The second-order valence-corrected chi connectivity index (χ2v) is 10.5. The number of hydrogen-bond acceptors (Lipinski definition) is 4. The fraction of sp³-hybridized carbons (Fsp3) is 0.276. The maximum atomic E-state index is 13.6. The van der Waals surface area contributed by atoms with Crippen molar-refractivity contribution in [1.82, 2.24) is 14.5 Å². The average molecular weight is 518 g/mol. The Balaban J connectivity index is 1.49. The van der Waals surface area contributed by atoms with Gasteiger partial charge in [0.2, 0.25) is 0 Å². The van der Waals surface area contributed by atoms with Crippen molar-refractivity contribution in [3.8, 4) is 0 Å². The molecule has 184 valence electrons. The number of likely N-dealkylation sites (tertiary alicyclic amines) is 1. The van der Waals surface area contributed by atoms with E-state index >= 15 is 0 Å². The van der Waals surface area contributed by atoms with Gasteiger partial charge in [-0.05, 0) is 67.1 Å². The lowest BCUT2D eigenvalue weighted by atomic mass is 10.1. The highest BCUT2D eigenvalue weighted by Gasteiger charge is 2.20. The zero-order chi connectivity index (χ0) is 24.9. The number of nitrogens with zero attached hydrogens (tertiary/aromatic N) is 3. The highest BCUT2D eigenvalue weighted by molar-refractivity contribution is 7.98. The van der Waals surface area contributed by atoms with E-state index in [9.17, 15) is 9.59 Å². The molecule has 0 aliphatic carbocycles. The first-order valence-electron chi connectivity index (χ1n) is 12.3. The molecule has 1 amide bonds. The van der Waals surface area contributed by atoms with Crippen LogP contribution in [0.1, 0.15) is 40.7 Å². The molecular formula is C29H28ClN3O2S. The van der Waals surface area contributed by atoms with E-state index < -0.39 is 0 Å². The molecule has 0 unspecified atom stereocenters. The molecule has 5 nitrogen and oxygen atoms in total. The van der Waals surface area contributed by atoms with Gasteiger partial charge in [-0.15, -0.1) is 0 Å². The lowest BCUT2D eigenvalue weighted by Gasteiger charge is -2.26. The minimum absolute atomic E-state index is 0.0137. The Morgan fingerprint density at radius 1 is 0.917 bits per heavy atom. The van der Waals surface area contributed by atoms with Crippen molar-refractivity contribution >= 4 is 40.2 Å². The Labute approximate surface area is 220 Å². The van der Waals surface area contributed by atoms with Crippen LogP contribution in [0.25, 0.3) is 10.9 Å². The number of benzene rings is 3. The van der Waals surface area contributed by atoms with Gasteiger partial charge in [-0.3, -0.25) is 14.2 Å². The normalized spacial score (nSPS) is 13.8. The number of thioether (sulfide) groups is 1. The fourth-order valence-corrected chi connectivity index (χ4v) is 5.76. The van der Waals surface area contributed by atoms with E-state index in [2.05, 4.69) is 12.1 Å².